The third-order valence-corrected chi connectivity index (χ3v) is 2.37. The van der Waals surface area contributed by atoms with Crippen LogP contribution in [-0.4, -0.2) is 39.4 Å². The van der Waals surface area contributed by atoms with Crippen molar-refractivity contribution in [1.29, 1.82) is 0 Å². The fourth-order valence-corrected chi connectivity index (χ4v) is 1.40. The molecule has 0 unspecified atom stereocenters. The van der Waals surface area contributed by atoms with Crippen molar-refractivity contribution in [2.45, 2.75) is 6.42 Å². The van der Waals surface area contributed by atoms with Gasteiger partial charge in [-0.3, -0.25) is 0 Å². The minimum absolute atomic E-state index is 0.290. The molecule has 0 aliphatic rings. The molecule has 2 amide bonds. The normalized spacial score (nSPS) is 9.79. The number of ether oxygens (including phenoxy) is 2. The molecule has 0 aliphatic heterocycles. The summed E-state index contributed by atoms with van der Waals surface area (Å²) in [6.07, 6.45) is 0.755. The van der Waals surface area contributed by atoms with Crippen molar-refractivity contribution in [2.75, 3.05) is 32.7 Å². The van der Waals surface area contributed by atoms with Crippen LogP contribution in [0.15, 0.2) is 24.3 Å². The minimum atomic E-state index is -0.407. The molecule has 0 aliphatic carbocycles. The molecular weight excluding hydrogens is 248 g/mol. The van der Waals surface area contributed by atoms with Crippen molar-refractivity contribution in [3.63, 3.8) is 0 Å². The van der Waals surface area contributed by atoms with Crippen LogP contribution < -0.4 is 10.6 Å². The fraction of sp³-hybridized carbons (Fsp3) is 0.385. The van der Waals surface area contributed by atoms with Gasteiger partial charge in [-0.25, -0.2) is 9.59 Å². The predicted octanol–water partition coefficient (Wildman–Crippen LogP) is 1.63. The highest BCUT2D eigenvalue weighted by Crippen LogP contribution is 2.10. The van der Waals surface area contributed by atoms with Crippen LogP contribution in [0.3, 0.4) is 0 Å². The van der Waals surface area contributed by atoms with Gasteiger partial charge in [-0.15, -0.1) is 0 Å². The number of hydrogen-bond donors (Lipinski definition) is 2. The number of carbonyl (C=O) groups is 2. The lowest BCUT2D eigenvalue weighted by atomic mass is 10.2. The van der Waals surface area contributed by atoms with E-state index in [2.05, 4.69) is 15.4 Å². The lowest BCUT2D eigenvalue weighted by Crippen LogP contribution is -2.30. The summed E-state index contributed by atoms with van der Waals surface area (Å²) < 4.78 is 9.46. The molecule has 0 atom stereocenters. The third kappa shape index (κ3) is 5.39. The number of amides is 2. The van der Waals surface area contributed by atoms with E-state index in [-0.39, 0.29) is 6.03 Å². The van der Waals surface area contributed by atoms with Gasteiger partial charge in [-0.1, -0.05) is 0 Å². The van der Waals surface area contributed by atoms with E-state index in [9.17, 15) is 9.59 Å². The second kappa shape index (κ2) is 8.10. The molecule has 0 saturated heterocycles. The Bertz CT molecular complexity index is 417. The summed E-state index contributed by atoms with van der Waals surface area (Å²) in [5.41, 5.74) is 1.05. The summed E-state index contributed by atoms with van der Waals surface area (Å²) in [7, 11) is 2.94. The molecule has 0 spiro atoms. The zero-order chi connectivity index (χ0) is 14.1. The van der Waals surface area contributed by atoms with Gasteiger partial charge in [-0.05, 0) is 30.7 Å². The summed E-state index contributed by atoms with van der Waals surface area (Å²) in [4.78, 5) is 22.7. The average molecular weight is 266 g/mol. The van der Waals surface area contributed by atoms with Crippen LogP contribution >= 0.6 is 0 Å². The first-order valence-electron chi connectivity index (χ1n) is 5.89. The van der Waals surface area contributed by atoms with Gasteiger partial charge < -0.3 is 20.1 Å². The zero-order valence-electron chi connectivity index (χ0n) is 11.1. The maximum absolute atomic E-state index is 11.5. The van der Waals surface area contributed by atoms with E-state index in [0.717, 1.165) is 6.42 Å². The van der Waals surface area contributed by atoms with Crippen LogP contribution in [0.25, 0.3) is 0 Å². The largest absolute Gasteiger partial charge is 0.465 e. The first kappa shape index (κ1) is 15.0. The van der Waals surface area contributed by atoms with Crippen LogP contribution in [0.5, 0.6) is 0 Å². The Labute approximate surface area is 112 Å². The Morgan fingerprint density at radius 2 is 1.84 bits per heavy atom. The van der Waals surface area contributed by atoms with Gasteiger partial charge in [0.2, 0.25) is 0 Å². The lowest BCUT2D eigenvalue weighted by Gasteiger charge is -2.07. The van der Waals surface area contributed by atoms with E-state index in [1.807, 2.05) is 0 Å². The minimum Gasteiger partial charge on any atom is -0.465 e. The van der Waals surface area contributed by atoms with Crippen LogP contribution in [0.2, 0.25) is 0 Å². The average Bonchev–Trinajstić information content (AvgIpc) is 2.43. The first-order valence-corrected chi connectivity index (χ1v) is 5.89. The topological polar surface area (TPSA) is 76.7 Å². The first-order chi connectivity index (χ1) is 9.17. The van der Waals surface area contributed by atoms with Crippen molar-refractivity contribution in [1.82, 2.24) is 5.32 Å². The van der Waals surface area contributed by atoms with Crippen molar-refractivity contribution in [3.8, 4) is 0 Å². The van der Waals surface area contributed by atoms with Gasteiger partial charge in [0.1, 0.15) is 0 Å². The molecule has 6 nitrogen and oxygen atoms in total. The van der Waals surface area contributed by atoms with Gasteiger partial charge in [0.15, 0.2) is 0 Å². The summed E-state index contributed by atoms with van der Waals surface area (Å²) in [6, 6.07) is 6.17. The quantitative estimate of drug-likeness (QED) is 0.606. The van der Waals surface area contributed by atoms with Gasteiger partial charge >= 0.3 is 12.0 Å². The molecule has 2 N–H and O–H groups in total. The molecule has 0 heterocycles. The number of anilines is 1. The van der Waals surface area contributed by atoms with Crippen molar-refractivity contribution >= 4 is 17.7 Å². The van der Waals surface area contributed by atoms with E-state index in [1.165, 1.54) is 7.11 Å². The standard InChI is InChI=1S/C13H18N2O4/c1-18-9-3-8-14-13(17)15-11-6-4-10(5-7-11)12(16)19-2/h4-7H,3,8-9H2,1-2H3,(H2,14,15,17). The summed E-state index contributed by atoms with van der Waals surface area (Å²) in [5.74, 6) is -0.407. The molecule has 1 rings (SSSR count). The fourth-order valence-electron chi connectivity index (χ4n) is 1.40. The Hall–Kier alpha value is -2.08. The summed E-state index contributed by atoms with van der Waals surface area (Å²) in [6.45, 7) is 1.15. The monoisotopic (exact) mass is 266 g/mol. The molecule has 0 aromatic heterocycles. The highest BCUT2D eigenvalue weighted by Gasteiger charge is 2.05. The van der Waals surface area contributed by atoms with E-state index in [1.54, 1.807) is 31.4 Å². The van der Waals surface area contributed by atoms with Gasteiger partial charge in [0, 0.05) is 25.9 Å². The van der Waals surface area contributed by atoms with Crippen molar-refractivity contribution in [2.24, 2.45) is 0 Å². The van der Waals surface area contributed by atoms with E-state index >= 15 is 0 Å². The lowest BCUT2D eigenvalue weighted by molar-refractivity contribution is 0.0601. The molecule has 0 radical (unpaired) electrons. The second-order valence-electron chi connectivity index (χ2n) is 3.80. The highest BCUT2D eigenvalue weighted by atomic mass is 16.5. The second-order valence-corrected chi connectivity index (χ2v) is 3.80. The number of methoxy groups -OCH3 is 2. The zero-order valence-corrected chi connectivity index (χ0v) is 11.1. The Morgan fingerprint density at radius 3 is 2.42 bits per heavy atom. The molecule has 0 fully saturated rings. The molecule has 0 saturated carbocycles. The number of urea groups is 1. The highest BCUT2D eigenvalue weighted by molar-refractivity contribution is 5.92. The summed E-state index contributed by atoms with van der Waals surface area (Å²) in [5, 5.41) is 5.35. The van der Waals surface area contributed by atoms with Gasteiger partial charge in [0.25, 0.3) is 0 Å². The van der Waals surface area contributed by atoms with Crippen LogP contribution in [0, 0.1) is 0 Å². The van der Waals surface area contributed by atoms with Gasteiger partial charge in [-0.2, -0.15) is 0 Å². The predicted molar refractivity (Wildman–Crippen MR) is 71.3 cm³/mol. The van der Waals surface area contributed by atoms with E-state index in [0.29, 0.717) is 24.4 Å². The Kier molecular flexibility index (Phi) is 6.38. The number of esters is 1. The molecule has 104 valence electrons. The Balaban J connectivity index is 2.40. The van der Waals surface area contributed by atoms with E-state index < -0.39 is 5.97 Å². The molecule has 19 heavy (non-hydrogen) atoms. The van der Waals surface area contributed by atoms with E-state index in [4.69, 9.17) is 4.74 Å². The Morgan fingerprint density at radius 1 is 1.16 bits per heavy atom. The molecule has 1 aromatic rings. The third-order valence-electron chi connectivity index (χ3n) is 2.37. The number of hydrogen-bond acceptors (Lipinski definition) is 4. The van der Waals surface area contributed by atoms with Crippen molar-refractivity contribution < 1.29 is 19.1 Å². The maximum Gasteiger partial charge on any atom is 0.337 e. The van der Waals surface area contributed by atoms with Crippen LogP contribution in [0.4, 0.5) is 10.5 Å². The number of carbonyl (C=O) groups excluding carboxylic acids is 2. The summed E-state index contributed by atoms with van der Waals surface area (Å²) >= 11 is 0. The van der Waals surface area contributed by atoms with Crippen LogP contribution in [-0.2, 0) is 9.47 Å². The number of benzene rings is 1. The van der Waals surface area contributed by atoms with Crippen LogP contribution in [0.1, 0.15) is 16.8 Å². The smallest absolute Gasteiger partial charge is 0.337 e. The molecule has 1 aromatic carbocycles. The number of nitrogens with one attached hydrogen (secondary N) is 2. The molecule has 6 heteroatoms. The SMILES string of the molecule is COCCCNC(=O)Nc1ccc(C(=O)OC)cc1. The van der Waals surface area contributed by atoms with Gasteiger partial charge in [0.05, 0.1) is 12.7 Å². The molecule has 0 bridgehead atoms. The van der Waals surface area contributed by atoms with Crippen molar-refractivity contribution in [3.05, 3.63) is 29.8 Å². The molecular formula is C13H18N2O4. The number of rotatable bonds is 6. The maximum atomic E-state index is 11.5.